The molecule has 0 unspecified atom stereocenters. The van der Waals surface area contributed by atoms with Crippen molar-refractivity contribution in [2.45, 2.75) is 52.0 Å². The number of nitrogens with zero attached hydrogens (tertiary/aromatic N) is 3. The standard InChI is InChI=1S/C19H25N3/c1-2-10-21-11-5-6-16-13-15(8-9-18(16)21)17-14-20-22-12-4-3-7-19(17)22/h8-9,13-14H,2-7,10-12H2,1H3. The molecule has 0 bridgehead atoms. The third kappa shape index (κ3) is 2.33. The van der Waals surface area contributed by atoms with E-state index in [1.165, 1.54) is 79.7 Å². The number of fused-ring (bicyclic) bond motifs is 2. The van der Waals surface area contributed by atoms with Crippen molar-refractivity contribution in [1.82, 2.24) is 9.78 Å². The minimum atomic E-state index is 1.09. The maximum absolute atomic E-state index is 4.60. The summed E-state index contributed by atoms with van der Waals surface area (Å²) in [5, 5.41) is 4.60. The van der Waals surface area contributed by atoms with Gasteiger partial charge >= 0.3 is 0 Å². The van der Waals surface area contributed by atoms with Crippen molar-refractivity contribution < 1.29 is 0 Å². The number of hydrogen-bond acceptors (Lipinski definition) is 2. The quantitative estimate of drug-likeness (QED) is 0.852. The molecule has 3 heteroatoms. The second-order valence-electron chi connectivity index (χ2n) is 6.62. The minimum absolute atomic E-state index is 1.09. The van der Waals surface area contributed by atoms with Gasteiger partial charge in [0.05, 0.1) is 6.20 Å². The molecule has 0 aliphatic carbocycles. The summed E-state index contributed by atoms with van der Waals surface area (Å²) in [4.78, 5) is 2.55. The Morgan fingerprint density at radius 2 is 2.05 bits per heavy atom. The van der Waals surface area contributed by atoms with E-state index >= 15 is 0 Å². The van der Waals surface area contributed by atoms with E-state index in [1.54, 1.807) is 0 Å². The van der Waals surface area contributed by atoms with Gasteiger partial charge in [0.2, 0.25) is 0 Å². The lowest BCUT2D eigenvalue weighted by Crippen LogP contribution is -2.29. The molecule has 0 fully saturated rings. The average molecular weight is 295 g/mol. The van der Waals surface area contributed by atoms with Crippen LogP contribution in [0, 0.1) is 0 Å². The van der Waals surface area contributed by atoms with E-state index in [9.17, 15) is 0 Å². The van der Waals surface area contributed by atoms with Crippen molar-refractivity contribution in [3.05, 3.63) is 35.7 Å². The largest absolute Gasteiger partial charge is 0.371 e. The van der Waals surface area contributed by atoms with E-state index in [0.29, 0.717) is 0 Å². The number of rotatable bonds is 3. The summed E-state index contributed by atoms with van der Waals surface area (Å²) in [5.41, 5.74) is 7.13. The molecule has 1 aromatic carbocycles. The van der Waals surface area contributed by atoms with Crippen LogP contribution in [0.15, 0.2) is 24.4 Å². The molecule has 2 aliphatic heterocycles. The SMILES string of the molecule is CCCN1CCCc2cc(-c3cnn4c3CCCC4)ccc21. The van der Waals surface area contributed by atoms with Crippen molar-refractivity contribution in [2.24, 2.45) is 0 Å². The fraction of sp³-hybridized carbons (Fsp3) is 0.526. The van der Waals surface area contributed by atoms with Gasteiger partial charge < -0.3 is 4.90 Å². The summed E-state index contributed by atoms with van der Waals surface area (Å²) in [6.45, 7) is 5.74. The van der Waals surface area contributed by atoms with Crippen LogP contribution in [-0.2, 0) is 19.4 Å². The molecule has 2 aromatic rings. The van der Waals surface area contributed by atoms with Crippen LogP contribution in [0.25, 0.3) is 11.1 Å². The van der Waals surface area contributed by atoms with Crippen molar-refractivity contribution in [3.8, 4) is 11.1 Å². The van der Waals surface area contributed by atoms with Crippen LogP contribution in [0.2, 0.25) is 0 Å². The molecule has 0 amide bonds. The van der Waals surface area contributed by atoms with Crippen LogP contribution < -0.4 is 4.90 Å². The first-order chi connectivity index (χ1) is 10.9. The molecule has 0 saturated heterocycles. The Kier molecular flexibility index (Phi) is 3.65. The fourth-order valence-corrected chi connectivity index (χ4v) is 4.01. The summed E-state index contributed by atoms with van der Waals surface area (Å²) in [7, 11) is 0. The molecule has 2 aliphatic rings. The molecule has 3 nitrogen and oxygen atoms in total. The number of hydrogen-bond donors (Lipinski definition) is 0. The fourth-order valence-electron chi connectivity index (χ4n) is 4.01. The smallest absolute Gasteiger partial charge is 0.0571 e. The summed E-state index contributed by atoms with van der Waals surface area (Å²) < 4.78 is 2.21. The highest BCUT2D eigenvalue weighted by atomic mass is 15.3. The second kappa shape index (κ2) is 5.79. The topological polar surface area (TPSA) is 21.1 Å². The van der Waals surface area contributed by atoms with E-state index in [4.69, 9.17) is 0 Å². The van der Waals surface area contributed by atoms with Gasteiger partial charge in [-0.2, -0.15) is 5.10 Å². The Bertz CT molecular complexity index is 671. The van der Waals surface area contributed by atoms with Crippen LogP contribution in [-0.4, -0.2) is 22.9 Å². The van der Waals surface area contributed by atoms with Gasteiger partial charge in [0.15, 0.2) is 0 Å². The average Bonchev–Trinajstić information content (AvgIpc) is 2.99. The predicted molar refractivity (Wildman–Crippen MR) is 91.4 cm³/mol. The van der Waals surface area contributed by atoms with Gasteiger partial charge in [-0.1, -0.05) is 13.0 Å². The van der Waals surface area contributed by atoms with Gasteiger partial charge in [0, 0.05) is 36.6 Å². The summed E-state index contributed by atoms with van der Waals surface area (Å²) in [5.74, 6) is 0. The molecule has 4 rings (SSSR count). The maximum Gasteiger partial charge on any atom is 0.0571 e. The molecular weight excluding hydrogens is 270 g/mol. The second-order valence-corrected chi connectivity index (χ2v) is 6.62. The molecule has 22 heavy (non-hydrogen) atoms. The molecule has 0 atom stereocenters. The van der Waals surface area contributed by atoms with Gasteiger partial charge in [0.1, 0.15) is 0 Å². The van der Waals surface area contributed by atoms with Crippen LogP contribution in [0.4, 0.5) is 5.69 Å². The maximum atomic E-state index is 4.60. The van der Waals surface area contributed by atoms with Crippen LogP contribution >= 0.6 is 0 Å². The zero-order chi connectivity index (χ0) is 14.9. The monoisotopic (exact) mass is 295 g/mol. The predicted octanol–water partition coefficient (Wildman–Crippen LogP) is 4.05. The third-order valence-electron chi connectivity index (χ3n) is 5.08. The normalized spacial score (nSPS) is 17.2. The summed E-state index contributed by atoms with van der Waals surface area (Å²) in [6.07, 6.45) is 9.54. The molecule has 1 aromatic heterocycles. The number of aromatic nitrogens is 2. The minimum Gasteiger partial charge on any atom is -0.371 e. The van der Waals surface area contributed by atoms with Gasteiger partial charge in [-0.05, 0) is 61.8 Å². The van der Waals surface area contributed by atoms with Gasteiger partial charge in [-0.3, -0.25) is 4.68 Å². The zero-order valence-corrected chi connectivity index (χ0v) is 13.5. The van der Waals surface area contributed by atoms with E-state index in [0.717, 1.165) is 6.54 Å². The molecular formula is C19H25N3. The van der Waals surface area contributed by atoms with Crippen LogP contribution in [0.3, 0.4) is 0 Å². The highest BCUT2D eigenvalue weighted by molar-refractivity contribution is 5.71. The van der Waals surface area contributed by atoms with Gasteiger partial charge in [0.25, 0.3) is 0 Å². The lowest BCUT2D eigenvalue weighted by atomic mass is 9.95. The molecule has 0 N–H and O–H groups in total. The lowest BCUT2D eigenvalue weighted by molar-refractivity contribution is 0.487. The van der Waals surface area contributed by atoms with Crippen LogP contribution in [0.5, 0.6) is 0 Å². The number of anilines is 1. The summed E-state index contributed by atoms with van der Waals surface area (Å²) >= 11 is 0. The first-order valence-corrected chi connectivity index (χ1v) is 8.80. The van der Waals surface area contributed by atoms with E-state index in [2.05, 4.69) is 46.0 Å². The van der Waals surface area contributed by atoms with Gasteiger partial charge in [-0.15, -0.1) is 0 Å². The third-order valence-corrected chi connectivity index (χ3v) is 5.08. The Hall–Kier alpha value is -1.77. The highest BCUT2D eigenvalue weighted by Gasteiger charge is 2.19. The highest BCUT2D eigenvalue weighted by Crippen LogP contribution is 2.34. The van der Waals surface area contributed by atoms with Crippen molar-refractivity contribution in [3.63, 3.8) is 0 Å². The molecule has 0 radical (unpaired) electrons. The first-order valence-electron chi connectivity index (χ1n) is 8.80. The Morgan fingerprint density at radius 3 is 2.95 bits per heavy atom. The Balaban J connectivity index is 1.71. The van der Waals surface area contributed by atoms with E-state index in [1.807, 2.05) is 0 Å². The Morgan fingerprint density at radius 1 is 1.09 bits per heavy atom. The van der Waals surface area contributed by atoms with Gasteiger partial charge in [-0.25, -0.2) is 0 Å². The van der Waals surface area contributed by atoms with E-state index < -0.39 is 0 Å². The van der Waals surface area contributed by atoms with Crippen LogP contribution in [0.1, 0.15) is 43.9 Å². The van der Waals surface area contributed by atoms with Crippen molar-refractivity contribution >= 4 is 5.69 Å². The molecule has 3 heterocycles. The zero-order valence-electron chi connectivity index (χ0n) is 13.5. The first kappa shape index (κ1) is 13.9. The van der Waals surface area contributed by atoms with Crippen molar-refractivity contribution in [2.75, 3.05) is 18.0 Å². The molecule has 0 spiro atoms. The molecule has 0 saturated carbocycles. The number of aryl methyl sites for hydroxylation is 2. The Labute approximate surface area is 132 Å². The van der Waals surface area contributed by atoms with E-state index in [-0.39, 0.29) is 0 Å². The van der Waals surface area contributed by atoms with Crippen molar-refractivity contribution in [1.29, 1.82) is 0 Å². The number of benzene rings is 1. The lowest BCUT2D eigenvalue weighted by Gasteiger charge is -2.31. The molecule has 116 valence electrons. The summed E-state index contributed by atoms with van der Waals surface area (Å²) in [6, 6.07) is 7.06.